The Kier molecular flexibility index (Phi) is 5.84. The van der Waals surface area contributed by atoms with Crippen molar-refractivity contribution < 1.29 is 4.79 Å². The van der Waals surface area contributed by atoms with E-state index < -0.39 is 0 Å². The van der Waals surface area contributed by atoms with Crippen LogP contribution in [0.4, 0.5) is 0 Å². The number of allylic oxidation sites excluding steroid dienone is 4. The molecule has 1 aliphatic carbocycles. The summed E-state index contributed by atoms with van der Waals surface area (Å²) in [7, 11) is 0. The van der Waals surface area contributed by atoms with E-state index in [1.54, 1.807) is 0 Å². The number of hydrogen-bond acceptors (Lipinski definition) is 1. The summed E-state index contributed by atoms with van der Waals surface area (Å²) in [5, 5.41) is 0. The second-order valence-corrected chi connectivity index (χ2v) is 6.19. The Morgan fingerprint density at radius 3 is 2.67 bits per heavy atom. The Balaban J connectivity index is 2.62. The molecule has 1 aliphatic rings. The van der Waals surface area contributed by atoms with Gasteiger partial charge in [0.05, 0.1) is 0 Å². The molecule has 0 aliphatic heterocycles. The van der Waals surface area contributed by atoms with Crippen molar-refractivity contribution in [2.45, 2.75) is 72.6 Å². The third-order valence-corrected chi connectivity index (χ3v) is 4.01. The summed E-state index contributed by atoms with van der Waals surface area (Å²) in [4.78, 5) is 11.8. The van der Waals surface area contributed by atoms with Crippen LogP contribution in [0.1, 0.15) is 72.6 Å². The van der Waals surface area contributed by atoms with Gasteiger partial charge in [0.2, 0.25) is 0 Å². The highest BCUT2D eigenvalue weighted by Crippen LogP contribution is 2.40. The zero-order valence-electron chi connectivity index (χ0n) is 12.5. The van der Waals surface area contributed by atoms with Gasteiger partial charge in [-0.2, -0.15) is 0 Å². The van der Waals surface area contributed by atoms with Crippen LogP contribution in [0.3, 0.4) is 0 Å². The molecule has 0 unspecified atom stereocenters. The standard InChI is InChI=1S/C17H28O/c1-5-6-7-10-15(18)11-12-16-14(2)9-8-13-17(16,3)4/h11-12H,5-10,13H2,1-4H3. The lowest BCUT2D eigenvalue weighted by molar-refractivity contribution is -0.114. The molecule has 0 heterocycles. The van der Waals surface area contributed by atoms with Gasteiger partial charge in [-0.05, 0) is 49.7 Å². The molecule has 18 heavy (non-hydrogen) atoms. The summed E-state index contributed by atoms with van der Waals surface area (Å²) in [6.45, 7) is 8.95. The largest absolute Gasteiger partial charge is 0.295 e. The first kappa shape index (κ1) is 15.2. The molecule has 102 valence electrons. The van der Waals surface area contributed by atoms with Gasteiger partial charge in [0.15, 0.2) is 5.78 Å². The van der Waals surface area contributed by atoms with E-state index in [1.807, 2.05) is 6.08 Å². The smallest absolute Gasteiger partial charge is 0.155 e. The minimum Gasteiger partial charge on any atom is -0.295 e. The molecule has 0 bridgehead atoms. The number of rotatable bonds is 6. The van der Waals surface area contributed by atoms with Gasteiger partial charge in [-0.3, -0.25) is 4.79 Å². The van der Waals surface area contributed by atoms with Crippen molar-refractivity contribution in [1.82, 2.24) is 0 Å². The molecule has 0 aromatic rings. The van der Waals surface area contributed by atoms with Crippen LogP contribution in [0.15, 0.2) is 23.3 Å². The lowest BCUT2D eigenvalue weighted by atomic mass is 9.72. The summed E-state index contributed by atoms with van der Waals surface area (Å²) in [5.41, 5.74) is 3.09. The molecule has 1 rings (SSSR count). The first-order valence-electron chi connectivity index (χ1n) is 7.38. The average Bonchev–Trinajstić information content (AvgIpc) is 2.28. The molecule has 0 saturated heterocycles. The van der Waals surface area contributed by atoms with Gasteiger partial charge in [0.25, 0.3) is 0 Å². The van der Waals surface area contributed by atoms with Gasteiger partial charge in [-0.1, -0.05) is 45.3 Å². The molecule has 0 N–H and O–H groups in total. The molecule has 0 aromatic carbocycles. The van der Waals surface area contributed by atoms with Crippen molar-refractivity contribution in [3.05, 3.63) is 23.3 Å². The maximum absolute atomic E-state index is 11.8. The number of ketones is 1. The van der Waals surface area contributed by atoms with Gasteiger partial charge < -0.3 is 0 Å². The van der Waals surface area contributed by atoms with E-state index >= 15 is 0 Å². The molecule has 0 saturated carbocycles. The molecule has 0 aromatic heterocycles. The van der Waals surface area contributed by atoms with Crippen molar-refractivity contribution in [3.8, 4) is 0 Å². The second-order valence-electron chi connectivity index (χ2n) is 6.19. The topological polar surface area (TPSA) is 17.1 Å². The molecule has 0 spiro atoms. The van der Waals surface area contributed by atoms with E-state index in [9.17, 15) is 4.79 Å². The second kappa shape index (κ2) is 6.92. The van der Waals surface area contributed by atoms with Crippen LogP contribution in [0, 0.1) is 5.41 Å². The summed E-state index contributed by atoms with van der Waals surface area (Å²) >= 11 is 0. The Morgan fingerprint density at radius 1 is 1.33 bits per heavy atom. The van der Waals surface area contributed by atoms with Crippen LogP contribution >= 0.6 is 0 Å². The SMILES string of the molecule is CCCCCC(=O)C=CC1=C(C)CCCC1(C)C. The molecule has 0 atom stereocenters. The summed E-state index contributed by atoms with van der Waals surface area (Å²) in [6, 6.07) is 0. The predicted molar refractivity (Wildman–Crippen MR) is 78.6 cm³/mol. The minimum atomic E-state index is 0.239. The van der Waals surface area contributed by atoms with Gasteiger partial charge in [0, 0.05) is 6.42 Å². The average molecular weight is 248 g/mol. The summed E-state index contributed by atoms with van der Waals surface area (Å²) in [5.74, 6) is 0.283. The van der Waals surface area contributed by atoms with Gasteiger partial charge in [0.1, 0.15) is 0 Å². The van der Waals surface area contributed by atoms with Crippen LogP contribution in [0.2, 0.25) is 0 Å². The zero-order valence-corrected chi connectivity index (χ0v) is 12.5. The van der Waals surface area contributed by atoms with Crippen molar-refractivity contribution >= 4 is 5.78 Å². The zero-order chi connectivity index (χ0) is 13.6. The van der Waals surface area contributed by atoms with Crippen LogP contribution in [-0.2, 0) is 4.79 Å². The van der Waals surface area contributed by atoms with Crippen LogP contribution in [0.5, 0.6) is 0 Å². The number of hydrogen-bond donors (Lipinski definition) is 0. The summed E-state index contributed by atoms with van der Waals surface area (Å²) in [6.07, 6.45) is 11.7. The van der Waals surface area contributed by atoms with Gasteiger partial charge in [-0.15, -0.1) is 0 Å². The Labute approximate surface area is 112 Å². The number of carbonyl (C=O) groups excluding carboxylic acids is 1. The highest BCUT2D eigenvalue weighted by atomic mass is 16.1. The first-order chi connectivity index (χ1) is 8.47. The van der Waals surface area contributed by atoms with E-state index in [2.05, 4.69) is 33.8 Å². The molecular weight excluding hydrogens is 220 g/mol. The lowest BCUT2D eigenvalue weighted by Gasteiger charge is -2.32. The van der Waals surface area contributed by atoms with E-state index in [0.29, 0.717) is 6.42 Å². The van der Waals surface area contributed by atoms with Crippen LogP contribution < -0.4 is 0 Å². The monoisotopic (exact) mass is 248 g/mol. The Hall–Kier alpha value is -0.850. The number of unbranched alkanes of at least 4 members (excludes halogenated alkanes) is 2. The fraction of sp³-hybridized carbons (Fsp3) is 0.706. The third-order valence-electron chi connectivity index (χ3n) is 4.01. The third kappa shape index (κ3) is 4.44. The maximum Gasteiger partial charge on any atom is 0.155 e. The van der Waals surface area contributed by atoms with E-state index in [0.717, 1.165) is 12.8 Å². The van der Waals surface area contributed by atoms with Crippen LogP contribution in [-0.4, -0.2) is 5.78 Å². The Bertz CT molecular complexity index is 345. The predicted octanol–water partition coefficient (Wildman–Crippen LogP) is 5.22. The number of carbonyl (C=O) groups is 1. The molecular formula is C17H28O. The van der Waals surface area contributed by atoms with Crippen LogP contribution in [0.25, 0.3) is 0 Å². The fourth-order valence-corrected chi connectivity index (χ4v) is 2.82. The quantitative estimate of drug-likeness (QED) is 0.465. The normalized spacial score (nSPS) is 19.6. The Morgan fingerprint density at radius 2 is 2.06 bits per heavy atom. The van der Waals surface area contributed by atoms with E-state index in [1.165, 1.54) is 36.8 Å². The van der Waals surface area contributed by atoms with Crippen molar-refractivity contribution in [3.63, 3.8) is 0 Å². The summed E-state index contributed by atoms with van der Waals surface area (Å²) < 4.78 is 0. The molecule has 0 radical (unpaired) electrons. The van der Waals surface area contributed by atoms with E-state index in [-0.39, 0.29) is 11.2 Å². The van der Waals surface area contributed by atoms with E-state index in [4.69, 9.17) is 0 Å². The molecule has 1 nitrogen and oxygen atoms in total. The lowest BCUT2D eigenvalue weighted by Crippen LogP contribution is -2.19. The molecule has 0 amide bonds. The minimum absolute atomic E-state index is 0.239. The van der Waals surface area contributed by atoms with Gasteiger partial charge in [-0.25, -0.2) is 0 Å². The van der Waals surface area contributed by atoms with Crippen molar-refractivity contribution in [1.29, 1.82) is 0 Å². The highest BCUT2D eigenvalue weighted by molar-refractivity contribution is 5.90. The molecule has 1 heteroatoms. The maximum atomic E-state index is 11.8. The fourth-order valence-electron chi connectivity index (χ4n) is 2.82. The molecule has 0 fully saturated rings. The first-order valence-corrected chi connectivity index (χ1v) is 7.38. The van der Waals surface area contributed by atoms with Crippen molar-refractivity contribution in [2.24, 2.45) is 5.41 Å². The van der Waals surface area contributed by atoms with Crippen molar-refractivity contribution in [2.75, 3.05) is 0 Å². The van der Waals surface area contributed by atoms with Gasteiger partial charge >= 0.3 is 0 Å². The highest BCUT2D eigenvalue weighted by Gasteiger charge is 2.26.